The quantitative estimate of drug-likeness (QED) is 0.852. The van der Waals surface area contributed by atoms with Gasteiger partial charge in [-0.15, -0.1) is 0 Å². The number of hydrogen-bond donors (Lipinski definition) is 2. The smallest absolute Gasteiger partial charge is 0.0960 e. The normalized spacial score (nSPS) is 22.6. The summed E-state index contributed by atoms with van der Waals surface area (Å²) in [6, 6.07) is 5.98. The first-order chi connectivity index (χ1) is 9.92. The molecule has 20 heavy (non-hydrogen) atoms. The van der Waals surface area contributed by atoms with Gasteiger partial charge in [0.1, 0.15) is 0 Å². The van der Waals surface area contributed by atoms with Crippen molar-refractivity contribution >= 4 is 5.57 Å². The summed E-state index contributed by atoms with van der Waals surface area (Å²) in [5.41, 5.74) is 2.13. The van der Waals surface area contributed by atoms with Gasteiger partial charge in [0.05, 0.1) is 11.9 Å². The van der Waals surface area contributed by atoms with E-state index in [0.717, 1.165) is 24.4 Å². The van der Waals surface area contributed by atoms with Crippen LogP contribution < -0.4 is 10.6 Å². The van der Waals surface area contributed by atoms with Crippen molar-refractivity contribution in [3.8, 4) is 0 Å². The molecule has 2 aliphatic rings. The minimum atomic E-state index is 0.227. The van der Waals surface area contributed by atoms with E-state index in [-0.39, 0.29) is 6.17 Å². The third kappa shape index (κ3) is 3.46. The maximum atomic E-state index is 4.36. The molecule has 1 atom stereocenters. The lowest BCUT2D eigenvalue weighted by molar-refractivity contribution is 0.329. The second-order valence-electron chi connectivity index (χ2n) is 5.32. The first-order valence-electron chi connectivity index (χ1n) is 7.43. The summed E-state index contributed by atoms with van der Waals surface area (Å²) in [5.74, 6) is 0. The Morgan fingerprint density at radius 2 is 2.20 bits per heavy atom. The molecule has 3 rings (SSSR count). The van der Waals surface area contributed by atoms with Gasteiger partial charge in [-0.25, -0.2) is 0 Å². The van der Waals surface area contributed by atoms with Gasteiger partial charge in [0.15, 0.2) is 0 Å². The van der Waals surface area contributed by atoms with Crippen LogP contribution in [0.15, 0.2) is 42.7 Å². The van der Waals surface area contributed by atoms with E-state index in [0.29, 0.717) is 0 Å². The SMILES string of the molecule is C1=CC(NCCN2CCCC2)NC=C1c1ccccn1. The number of allylic oxidation sites excluding steroid dienone is 2. The first-order valence-corrected chi connectivity index (χ1v) is 7.43. The molecular weight excluding hydrogens is 248 g/mol. The Morgan fingerprint density at radius 1 is 1.30 bits per heavy atom. The van der Waals surface area contributed by atoms with E-state index >= 15 is 0 Å². The molecule has 1 unspecified atom stereocenters. The molecule has 3 heterocycles. The largest absolute Gasteiger partial charge is 0.372 e. The van der Waals surface area contributed by atoms with E-state index in [4.69, 9.17) is 0 Å². The molecule has 4 nitrogen and oxygen atoms in total. The Labute approximate surface area is 120 Å². The fourth-order valence-electron chi connectivity index (χ4n) is 2.69. The van der Waals surface area contributed by atoms with E-state index in [9.17, 15) is 0 Å². The number of hydrogen-bond acceptors (Lipinski definition) is 4. The molecule has 0 aliphatic carbocycles. The van der Waals surface area contributed by atoms with Gasteiger partial charge in [0.25, 0.3) is 0 Å². The fourth-order valence-corrected chi connectivity index (χ4v) is 2.69. The van der Waals surface area contributed by atoms with Crippen molar-refractivity contribution in [1.82, 2.24) is 20.5 Å². The fraction of sp³-hybridized carbons (Fsp3) is 0.438. The van der Waals surface area contributed by atoms with Gasteiger partial charge in [-0.1, -0.05) is 12.1 Å². The second-order valence-corrected chi connectivity index (χ2v) is 5.32. The van der Waals surface area contributed by atoms with Crippen LogP contribution in [0.2, 0.25) is 0 Å². The van der Waals surface area contributed by atoms with Crippen LogP contribution in [0.3, 0.4) is 0 Å². The van der Waals surface area contributed by atoms with Crippen molar-refractivity contribution in [2.45, 2.75) is 19.0 Å². The number of nitrogens with zero attached hydrogens (tertiary/aromatic N) is 2. The van der Waals surface area contributed by atoms with Crippen LogP contribution in [0, 0.1) is 0 Å². The van der Waals surface area contributed by atoms with Crippen LogP contribution in [-0.4, -0.2) is 42.2 Å². The van der Waals surface area contributed by atoms with Gasteiger partial charge < -0.3 is 10.2 Å². The van der Waals surface area contributed by atoms with Gasteiger partial charge in [-0.2, -0.15) is 0 Å². The molecule has 0 spiro atoms. The topological polar surface area (TPSA) is 40.2 Å². The molecule has 0 aromatic carbocycles. The summed E-state index contributed by atoms with van der Waals surface area (Å²) in [6.45, 7) is 4.69. The van der Waals surface area contributed by atoms with E-state index < -0.39 is 0 Å². The molecule has 4 heteroatoms. The molecule has 2 N–H and O–H groups in total. The monoisotopic (exact) mass is 270 g/mol. The zero-order valence-corrected chi connectivity index (χ0v) is 11.8. The van der Waals surface area contributed by atoms with E-state index in [2.05, 4.69) is 32.7 Å². The molecule has 106 valence electrons. The highest BCUT2D eigenvalue weighted by Crippen LogP contribution is 2.14. The zero-order chi connectivity index (χ0) is 13.6. The van der Waals surface area contributed by atoms with Crippen LogP contribution >= 0.6 is 0 Å². The van der Waals surface area contributed by atoms with Crippen molar-refractivity contribution in [3.63, 3.8) is 0 Å². The zero-order valence-electron chi connectivity index (χ0n) is 11.8. The Bertz CT molecular complexity index is 475. The predicted molar refractivity (Wildman–Crippen MR) is 82.0 cm³/mol. The van der Waals surface area contributed by atoms with Gasteiger partial charge in [0.2, 0.25) is 0 Å². The third-order valence-corrected chi connectivity index (χ3v) is 3.84. The van der Waals surface area contributed by atoms with E-state index in [1.807, 2.05) is 30.6 Å². The molecule has 2 aliphatic heterocycles. The van der Waals surface area contributed by atoms with Gasteiger partial charge >= 0.3 is 0 Å². The van der Waals surface area contributed by atoms with Gasteiger partial charge in [-0.05, 0) is 44.1 Å². The number of aromatic nitrogens is 1. The molecule has 0 saturated carbocycles. The summed E-state index contributed by atoms with van der Waals surface area (Å²) in [5, 5.41) is 6.89. The van der Waals surface area contributed by atoms with Crippen LogP contribution in [-0.2, 0) is 0 Å². The summed E-state index contributed by atoms with van der Waals surface area (Å²) in [4.78, 5) is 6.88. The van der Waals surface area contributed by atoms with Crippen LogP contribution in [0.1, 0.15) is 18.5 Å². The predicted octanol–water partition coefficient (Wildman–Crippen LogP) is 1.59. The first kappa shape index (κ1) is 13.3. The summed E-state index contributed by atoms with van der Waals surface area (Å²) in [6.07, 6.45) is 11.1. The average Bonchev–Trinajstić information content (AvgIpc) is 3.02. The highest BCUT2D eigenvalue weighted by atomic mass is 15.2. The van der Waals surface area contributed by atoms with Crippen LogP contribution in [0.4, 0.5) is 0 Å². The lowest BCUT2D eigenvalue weighted by Crippen LogP contribution is -2.42. The summed E-state index contributed by atoms with van der Waals surface area (Å²) < 4.78 is 0. The minimum absolute atomic E-state index is 0.227. The second kappa shape index (κ2) is 6.68. The molecule has 1 aromatic heterocycles. The lowest BCUT2D eigenvalue weighted by atomic mass is 10.1. The number of likely N-dealkylation sites (tertiary alicyclic amines) is 1. The van der Waals surface area contributed by atoms with E-state index in [1.54, 1.807) is 0 Å². The van der Waals surface area contributed by atoms with Crippen molar-refractivity contribution in [1.29, 1.82) is 0 Å². The Balaban J connectivity index is 1.44. The lowest BCUT2D eigenvalue weighted by Gasteiger charge is -2.22. The Kier molecular flexibility index (Phi) is 4.46. The standard InChI is InChI=1S/C16H22N4/c1-2-8-17-15(5-1)14-6-7-16(19-13-14)18-9-12-20-10-3-4-11-20/h1-2,5-8,13,16,18-19H,3-4,9-12H2. The summed E-state index contributed by atoms with van der Waals surface area (Å²) >= 11 is 0. The van der Waals surface area contributed by atoms with Crippen molar-refractivity contribution < 1.29 is 0 Å². The third-order valence-electron chi connectivity index (χ3n) is 3.84. The van der Waals surface area contributed by atoms with Gasteiger partial charge in [0, 0.05) is 31.1 Å². The Hall–Kier alpha value is -1.65. The number of rotatable bonds is 5. The number of pyridine rings is 1. The number of nitrogens with one attached hydrogen (secondary N) is 2. The molecule has 0 amide bonds. The molecule has 1 aromatic rings. The minimum Gasteiger partial charge on any atom is -0.372 e. The average molecular weight is 270 g/mol. The maximum Gasteiger partial charge on any atom is 0.0960 e. The van der Waals surface area contributed by atoms with Crippen molar-refractivity contribution in [3.05, 3.63) is 48.4 Å². The van der Waals surface area contributed by atoms with Crippen molar-refractivity contribution in [2.24, 2.45) is 0 Å². The van der Waals surface area contributed by atoms with E-state index in [1.165, 1.54) is 25.9 Å². The molecule has 0 radical (unpaired) electrons. The highest BCUT2D eigenvalue weighted by molar-refractivity contribution is 5.72. The number of dihydropyridines is 1. The molecule has 1 fully saturated rings. The molecule has 1 saturated heterocycles. The molecular formula is C16H22N4. The van der Waals surface area contributed by atoms with Crippen LogP contribution in [0.5, 0.6) is 0 Å². The maximum absolute atomic E-state index is 4.36. The Morgan fingerprint density at radius 3 is 2.90 bits per heavy atom. The van der Waals surface area contributed by atoms with Crippen molar-refractivity contribution in [2.75, 3.05) is 26.2 Å². The molecule has 0 bridgehead atoms. The van der Waals surface area contributed by atoms with Gasteiger partial charge in [-0.3, -0.25) is 10.3 Å². The highest BCUT2D eigenvalue weighted by Gasteiger charge is 2.12. The summed E-state index contributed by atoms with van der Waals surface area (Å²) in [7, 11) is 0. The van der Waals surface area contributed by atoms with Crippen LogP contribution in [0.25, 0.3) is 5.57 Å².